The molecule has 0 amide bonds. The Labute approximate surface area is 162 Å². The van der Waals surface area contributed by atoms with E-state index in [-0.39, 0.29) is 5.57 Å². The Morgan fingerprint density at radius 1 is 0.963 bits per heavy atom. The van der Waals surface area contributed by atoms with Gasteiger partial charge >= 0.3 is 11.9 Å². The van der Waals surface area contributed by atoms with Crippen molar-refractivity contribution in [1.29, 1.82) is 0 Å². The summed E-state index contributed by atoms with van der Waals surface area (Å²) < 4.78 is 10.2. The molecular formula is C21H21NO4S. The molecule has 1 aliphatic heterocycles. The molecular weight excluding hydrogens is 362 g/mol. The lowest BCUT2D eigenvalue weighted by Gasteiger charge is -2.29. The summed E-state index contributed by atoms with van der Waals surface area (Å²) in [5.41, 5.74) is 3.01. The van der Waals surface area contributed by atoms with Gasteiger partial charge in [-0.2, -0.15) is 0 Å². The summed E-state index contributed by atoms with van der Waals surface area (Å²) in [4.78, 5) is 26.2. The summed E-state index contributed by atoms with van der Waals surface area (Å²) in [5.74, 6) is -2.66. The zero-order valence-electron chi connectivity index (χ0n) is 15.7. The summed E-state index contributed by atoms with van der Waals surface area (Å²) >= 11 is 1.61. The van der Waals surface area contributed by atoms with Crippen molar-refractivity contribution in [1.82, 2.24) is 0 Å². The molecule has 1 aliphatic rings. The first-order valence-corrected chi connectivity index (χ1v) is 9.34. The smallest absolute Gasteiger partial charge is 0.350 e. The molecule has 27 heavy (non-hydrogen) atoms. The van der Waals surface area contributed by atoms with Crippen molar-refractivity contribution >= 4 is 29.4 Å². The summed E-state index contributed by atoms with van der Waals surface area (Å²) in [7, 11) is 0. The largest absolute Gasteiger partial charge is 0.419 e. The number of para-hydroxylation sites is 1. The van der Waals surface area contributed by atoms with E-state index in [2.05, 4.69) is 37.4 Å². The average molecular weight is 383 g/mol. The SMILES string of the molecule is Cc1ccc(Sc2ccccc2NC=C2C(=O)OC(C)(C)OC2=O)c(C)c1. The predicted molar refractivity (Wildman–Crippen MR) is 104 cm³/mol. The van der Waals surface area contributed by atoms with Gasteiger partial charge in [0.1, 0.15) is 0 Å². The number of nitrogens with one attached hydrogen (secondary N) is 1. The van der Waals surface area contributed by atoms with Crippen LogP contribution in [0.2, 0.25) is 0 Å². The van der Waals surface area contributed by atoms with Gasteiger partial charge < -0.3 is 14.8 Å². The normalized spacial score (nSPS) is 15.8. The Bertz CT molecular complexity index is 912. The molecule has 6 heteroatoms. The molecule has 0 radical (unpaired) electrons. The molecule has 0 aromatic heterocycles. The zero-order chi connectivity index (χ0) is 19.6. The minimum Gasteiger partial charge on any atom is -0.419 e. The Kier molecular flexibility index (Phi) is 5.28. The van der Waals surface area contributed by atoms with Crippen molar-refractivity contribution in [3.05, 3.63) is 65.4 Å². The molecule has 1 fully saturated rings. The van der Waals surface area contributed by atoms with Crippen molar-refractivity contribution in [3.8, 4) is 0 Å². The van der Waals surface area contributed by atoms with Crippen LogP contribution < -0.4 is 5.32 Å². The monoisotopic (exact) mass is 383 g/mol. The third-order valence-electron chi connectivity index (χ3n) is 3.93. The van der Waals surface area contributed by atoms with Crippen LogP contribution in [-0.4, -0.2) is 17.7 Å². The van der Waals surface area contributed by atoms with Gasteiger partial charge in [-0.3, -0.25) is 0 Å². The quantitative estimate of drug-likeness (QED) is 0.473. The van der Waals surface area contributed by atoms with Gasteiger partial charge in [0.25, 0.3) is 5.79 Å². The fourth-order valence-electron chi connectivity index (χ4n) is 2.64. The van der Waals surface area contributed by atoms with Gasteiger partial charge in [-0.15, -0.1) is 0 Å². The molecule has 0 bridgehead atoms. The number of aryl methyl sites for hydroxylation is 2. The average Bonchev–Trinajstić information content (AvgIpc) is 2.57. The number of carbonyl (C=O) groups is 2. The summed E-state index contributed by atoms with van der Waals surface area (Å²) in [6.45, 7) is 7.17. The van der Waals surface area contributed by atoms with Gasteiger partial charge in [-0.1, -0.05) is 41.6 Å². The van der Waals surface area contributed by atoms with Gasteiger partial charge in [-0.25, -0.2) is 9.59 Å². The topological polar surface area (TPSA) is 64.6 Å². The molecule has 0 spiro atoms. The number of rotatable bonds is 4. The minimum atomic E-state index is -1.25. The van der Waals surface area contributed by atoms with Crippen LogP contribution in [0.4, 0.5) is 5.69 Å². The maximum atomic E-state index is 12.1. The second-order valence-corrected chi connectivity index (χ2v) is 7.83. The molecule has 1 saturated heterocycles. The maximum absolute atomic E-state index is 12.1. The molecule has 1 heterocycles. The van der Waals surface area contributed by atoms with Crippen molar-refractivity contribution < 1.29 is 19.1 Å². The fourth-order valence-corrected chi connectivity index (χ4v) is 3.61. The highest BCUT2D eigenvalue weighted by Crippen LogP contribution is 2.35. The summed E-state index contributed by atoms with van der Waals surface area (Å²) in [6, 6.07) is 14.0. The minimum absolute atomic E-state index is 0.166. The molecule has 2 aromatic carbocycles. The first-order chi connectivity index (χ1) is 12.7. The lowest BCUT2D eigenvalue weighted by Crippen LogP contribution is -2.42. The van der Waals surface area contributed by atoms with E-state index in [1.165, 1.54) is 31.2 Å². The van der Waals surface area contributed by atoms with Crippen LogP contribution in [0.3, 0.4) is 0 Å². The van der Waals surface area contributed by atoms with Crippen molar-refractivity contribution in [2.45, 2.75) is 43.3 Å². The van der Waals surface area contributed by atoms with Crippen LogP contribution >= 0.6 is 11.8 Å². The third kappa shape index (κ3) is 4.52. The van der Waals surface area contributed by atoms with Gasteiger partial charge in [0, 0.05) is 29.8 Å². The lowest BCUT2D eigenvalue weighted by molar-refractivity contribution is -0.222. The standard InChI is InChI=1S/C21H21NO4S/c1-13-9-10-17(14(2)11-13)27-18-8-6-5-7-16(18)22-12-15-19(23)25-21(3,4)26-20(15)24/h5-12,22H,1-4H3. The number of cyclic esters (lactones) is 2. The van der Waals surface area contributed by atoms with Crippen LogP contribution in [0.5, 0.6) is 0 Å². The number of benzene rings is 2. The van der Waals surface area contributed by atoms with Gasteiger partial charge in [0.2, 0.25) is 0 Å². The van der Waals surface area contributed by atoms with Crippen LogP contribution in [0.15, 0.2) is 64.0 Å². The van der Waals surface area contributed by atoms with E-state index in [9.17, 15) is 9.59 Å². The van der Waals surface area contributed by atoms with Crippen LogP contribution in [0.25, 0.3) is 0 Å². The molecule has 0 aliphatic carbocycles. The summed E-state index contributed by atoms with van der Waals surface area (Å²) in [5, 5.41) is 3.04. The van der Waals surface area contributed by atoms with E-state index >= 15 is 0 Å². The highest BCUT2D eigenvalue weighted by atomic mass is 32.2. The second-order valence-electron chi connectivity index (χ2n) is 6.75. The molecule has 5 nitrogen and oxygen atoms in total. The molecule has 0 saturated carbocycles. The van der Waals surface area contributed by atoms with E-state index < -0.39 is 17.7 Å². The molecule has 0 unspecified atom stereocenters. The maximum Gasteiger partial charge on any atom is 0.350 e. The number of hydrogen-bond acceptors (Lipinski definition) is 6. The second kappa shape index (κ2) is 7.48. The van der Waals surface area contributed by atoms with E-state index in [0.717, 1.165) is 15.5 Å². The van der Waals surface area contributed by atoms with Crippen LogP contribution in [0.1, 0.15) is 25.0 Å². The summed E-state index contributed by atoms with van der Waals surface area (Å²) in [6.07, 6.45) is 1.33. The van der Waals surface area contributed by atoms with E-state index in [1.54, 1.807) is 11.8 Å². The van der Waals surface area contributed by atoms with Gasteiger partial charge in [0.05, 0.1) is 5.69 Å². The molecule has 2 aromatic rings. The van der Waals surface area contributed by atoms with Gasteiger partial charge in [0.15, 0.2) is 5.57 Å². The Balaban J connectivity index is 1.82. The van der Waals surface area contributed by atoms with Crippen LogP contribution in [0, 0.1) is 13.8 Å². The third-order valence-corrected chi connectivity index (χ3v) is 5.18. The first kappa shape index (κ1) is 19.0. The zero-order valence-corrected chi connectivity index (χ0v) is 16.5. The Hall–Kier alpha value is -2.73. The number of ether oxygens (including phenoxy) is 2. The Morgan fingerprint density at radius 2 is 1.63 bits per heavy atom. The number of carbonyl (C=O) groups excluding carboxylic acids is 2. The molecule has 1 N–H and O–H groups in total. The van der Waals surface area contributed by atoms with Crippen molar-refractivity contribution in [2.24, 2.45) is 0 Å². The van der Waals surface area contributed by atoms with E-state index in [1.807, 2.05) is 24.3 Å². The highest BCUT2D eigenvalue weighted by molar-refractivity contribution is 7.99. The first-order valence-electron chi connectivity index (χ1n) is 8.53. The van der Waals surface area contributed by atoms with Gasteiger partial charge in [-0.05, 0) is 37.6 Å². The van der Waals surface area contributed by atoms with E-state index in [4.69, 9.17) is 9.47 Å². The van der Waals surface area contributed by atoms with Crippen LogP contribution in [-0.2, 0) is 19.1 Å². The number of hydrogen-bond donors (Lipinski definition) is 1. The lowest BCUT2D eigenvalue weighted by atomic mass is 10.2. The van der Waals surface area contributed by atoms with Crippen molar-refractivity contribution in [3.63, 3.8) is 0 Å². The molecule has 3 rings (SSSR count). The van der Waals surface area contributed by atoms with E-state index in [0.29, 0.717) is 0 Å². The Morgan fingerprint density at radius 3 is 2.30 bits per heavy atom. The molecule has 0 atom stereocenters. The fraction of sp³-hybridized carbons (Fsp3) is 0.238. The van der Waals surface area contributed by atoms with Crippen molar-refractivity contribution in [2.75, 3.05) is 5.32 Å². The molecule has 140 valence electrons. The number of esters is 2. The highest BCUT2D eigenvalue weighted by Gasteiger charge is 2.38. The predicted octanol–water partition coefficient (Wildman–Crippen LogP) is 4.59. The number of anilines is 1.